The lowest BCUT2D eigenvalue weighted by molar-refractivity contribution is 0.475. The van der Waals surface area contributed by atoms with Crippen molar-refractivity contribution < 1.29 is 5.11 Å². The van der Waals surface area contributed by atoms with Crippen LogP contribution in [0.2, 0.25) is 0 Å². The van der Waals surface area contributed by atoms with Gasteiger partial charge in [-0.1, -0.05) is 0 Å². The van der Waals surface area contributed by atoms with Gasteiger partial charge in [-0.3, -0.25) is 0 Å². The van der Waals surface area contributed by atoms with Crippen LogP contribution < -0.4 is 5.32 Å². The standard InChI is InChI=1S/C11H13N3O/c1-8-6-9(15)2-3-10(8)14-7-11-12-4-5-13-11/h2-6,14-15H,7H2,1H3,(H,12,13). The molecule has 0 aliphatic carbocycles. The van der Waals surface area contributed by atoms with Crippen LogP contribution in [0, 0.1) is 6.92 Å². The molecule has 0 radical (unpaired) electrons. The van der Waals surface area contributed by atoms with Crippen LogP contribution in [0.1, 0.15) is 11.4 Å². The van der Waals surface area contributed by atoms with Gasteiger partial charge in [0, 0.05) is 18.1 Å². The van der Waals surface area contributed by atoms with E-state index in [0.717, 1.165) is 17.1 Å². The van der Waals surface area contributed by atoms with Gasteiger partial charge in [0.2, 0.25) is 0 Å². The third kappa shape index (κ3) is 2.28. The smallest absolute Gasteiger partial charge is 0.125 e. The second-order valence-corrected chi connectivity index (χ2v) is 3.39. The zero-order valence-electron chi connectivity index (χ0n) is 8.49. The highest BCUT2D eigenvalue weighted by Gasteiger charge is 1.99. The Kier molecular flexibility index (Phi) is 2.58. The number of H-pyrrole nitrogens is 1. The molecule has 0 amide bonds. The van der Waals surface area contributed by atoms with E-state index in [2.05, 4.69) is 15.3 Å². The molecule has 0 atom stereocenters. The number of hydrogen-bond donors (Lipinski definition) is 3. The number of imidazole rings is 1. The lowest BCUT2D eigenvalue weighted by Crippen LogP contribution is -2.02. The molecule has 0 bridgehead atoms. The molecule has 0 saturated carbocycles. The van der Waals surface area contributed by atoms with Crippen molar-refractivity contribution in [3.05, 3.63) is 42.0 Å². The van der Waals surface area contributed by atoms with Gasteiger partial charge in [0.25, 0.3) is 0 Å². The average Bonchev–Trinajstić information content (AvgIpc) is 2.69. The predicted octanol–water partition coefficient (Wildman–Crippen LogP) is 2.04. The molecule has 1 aromatic carbocycles. The predicted molar refractivity (Wildman–Crippen MR) is 58.8 cm³/mol. The number of hydrogen-bond acceptors (Lipinski definition) is 3. The summed E-state index contributed by atoms with van der Waals surface area (Å²) in [4.78, 5) is 7.13. The molecule has 1 aromatic heterocycles. The van der Waals surface area contributed by atoms with E-state index in [1.54, 1.807) is 24.5 Å². The number of aromatic nitrogens is 2. The highest BCUT2D eigenvalue weighted by molar-refractivity contribution is 5.53. The molecule has 1 heterocycles. The summed E-state index contributed by atoms with van der Waals surface area (Å²) < 4.78 is 0. The third-order valence-corrected chi connectivity index (χ3v) is 2.21. The zero-order valence-corrected chi connectivity index (χ0v) is 8.49. The van der Waals surface area contributed by atoms with E-state index in [1.807, 2.05) is 13.0 Å². The van der Waals surface area contributed by atoms with E-state index in [1.165, 1.54) is 0 Å². The van der Waals surface area contributed by atoms with Gasteiger partial charge >= 0.3 is 0 Å². The molecule has 0 aliphatic rings. The van der Waals surface area contributed by atoms with Crippen LogP contribution in [0.4, 0.5) is 5.69 Å². The number of benzene rings is 1. The molecular formula is C11H13N3O. The molecule has 0 fully saturated rings. The van der Waals surface area contributed by atoms with Gasteiger partial charge in [-0.25, -0.2) is 4.98 Å². The van der Waals surface area contributed by atoms with E-state index < -0.39 is 0 Å². The maximum Gasteiger partial charge on any atom is 0.125 e. The Labute approximate surface area is 88.0 Å². The summed E-state index contributed by atoms with van der Waals surface area (Å²) in [6.45, 7) is 2.60. The number of aromatic hydroxyl groups is 1. The molecule has 2 rings (SSSR count). The average molecular weight is 203 g/mol. The lowest BCUT2D eigenvalue weighted by atomic mass is 10.2. The fraction of sp³-hybridized carbons (Fsp3) is 0.182. The molecule has 0 spiro atoms. The van der Waals surface area contributed by atoms with Crippen molar-refractivity contribution in [2.24, 2.45) is 0 Å². The van der Waals surface area contributed by atoms with Crippen molar-refractivity contribution in [1.29, 1.82) is 0 Å². The summed E-state index contributed by atoms with van der Waals surface area (Å²) in [5, 5.41) is 12.5. The monoisotopic (exact) mass is 203 g/mol. The number of phenolic OH excluding ortho intramolecular Hbond substituents is 1. The first-order valence-corrected chi connectivity index (χ1v) is 4.77. The van der Waals surface area contributed by atoms with E-state index in [-0.39, 0.29) is 5.75 Å². The fourth-order valence-corrected chi connectivity index (χ4v) is 1.42. The SMILES string of the molecule is Cc1cc(O)ccc1NCc1ncc[nH]1. The number of aryl methyl sites for hydroxylation is 1. The molecule has 0 aliphatic heterocycles. The first-order valence-electron chi connectivity index (χ1n) is 4.77. The zero-order chi connectivity index (χ0) is 10.7. The van der Waals surface area contributed by atoms with Gasteiger partial charge in [0.1, 0.15) is 11.6 Å². The third-order valence-electron chi connectivity index (χ3n) is 2.21. The molecule has 78 valence electrons. The van der Waals surface area contributed by atoms with Crippen LogP contribution in [0.15, 0.2) is 30.6 Å². The van der Waals surface area contributed by atoms with Crippen LogP contribution >= 0.6 is 0 Å². The van der Waals surface area contributed by atoms with Crippen molar-refractivity contribution in [2.75, 3.05) is 5.32 Å². The Hall–Kier alpha value is -1.97. The van der Waals surface area contributed by atoms with Crippen LogP contribution in [-0.4, -0.2) is 15.1 Å². The second kappa shape index (κ2) is 4.04. The molecule has 3 N–H and O–H groups in total. The van der Waals surface area contributed by atoms with Crippen LogP contribution in [0.3, 0.4) is 0 Å². The summed E-state index contributed by atoms with van der Waals surface area (Å²) in [5.41, 5.74) is 2.02. The minimum atomic E-state index is 0.288. The number of nitrogens with one attached hydrogen (secondary N) is 2. The lowest BCUT2D eigenvalue weighted by Gasteiger charge is -2.08. The quantitative estimate of drug-likeness (QED) is 0.669. The van der Waals surface area contributed by atoms with Crippen LogP contribution in [0.5, 0.6) is 5.75 Å². The topological polar surface area (TPSA) is 60.9 Å². The molecule has 15 heavy (non-hydrogen) atoms. The highest BCUT2D eigenvalue weighted by Crippen LogP contribution is 2.20. The number of nitrogens with zero attached hydrogens (tertiary/aromatic N) is 1. The number of rotatable bonds is 3. The number of aromatic amines is 1. The summed E-state index contributed by atoms with van der Waals surface area (Å²) in [5.74, 6) is 1.18. The number of phenols is 1. The van der Waals surface area contributed by atoms with Gasteiger partial charge < -0.3 is 15.4 Å². The normalized spacial score (nSPS) is 10.2. The Morgan fingerprint density at radius 2 is 2.33 bits per heavy atom. The van der Waals surface area contributed by atoms with Crippen molar-refractivity contribution in [3.8, 4) is 5.75 Å². The Balaban J connectivity index is 2.05. The Bertz CT molecular complexity index is 437. The molecular weight excluding hydrogens is 190 g/mol. The first kappa shape index (κ1) is 9.58. The van der Waals surface area contributed by atoms with Gasteiger partial charge in [0.15, 0.2) is 0 Å². The van der Waals surface area contributed by atoms with Gasteiger partial charge in [-0.2, -0.15) is 0 Å². The van der Waals surface area contributed by atoms with E-state index >= 15 is 0 Å². The molecule has 4 nitrogen and oxygen atoms in total. The largest absolute Gasteiger partial charge is 0.508 e. The summed E-state index contributed by atoms with van der Waals surface area (Å²) in [6.07, 6.45) is 3.52. The molecule has 2 aromatic rings. The van der Waals surface area contributed by atoms with Gasteiger partial charge in [0.05, 0.1) is 6.54 Å². The second-order valence-electron chi connectivity index (χ2n) is 3.39. The van der Waals surface area contributed by atoms with Crippen LogP contribution in [-0.2, 0) is 6.54 Å². The fourth-order valence-electron chi connectivity index (χ4n) is 1.42. The van der Waals surface area contributed by atoms with Gasteiger partial charge in [-0.05, 0) is 30.7 Å². The summed E-state index contributed by atoms with van der Waals surface area (Å²) >= 11 is 0. The first-order chi connectivity index (χ1) is 7.25. The Morgan fingerprint density at radius 1 is 1.47 bits per heavy atom. The van der Waals surface area contributed by atoms with Crippen molar-refractivity contribution in [1.82, 2.24) is 9.97 Å². The minimum absolute atomic E-state index is 0.288. The van der Waals surface area contributed by atoms with E-state index in [0.29, 0.717) is 6.54 Å². The molecule has 0 saturated heterocycles. The van der Waals surface area contributed by atoms with Crippen molar-refractivity contribution in [2.45, 2.75) is 13.5 Å². The molecule has 4 heteroatoms. The highest BCUT2D eigenvalue weighted by atomic mass is 16.3. The minimum Gasteiger partial charge on any atom is -0.508 e. The van der Waals surface area contributed by atoms with E-state index in [9.17, 15) is 5.11 Å². The van der Waals surface area contributed by atoms with Gasteiger partial charge in [-0.15, -0.1) is 0 Å². The maximum absolute atomic E-state index is 9.24. The Morgan fingerprint density at radius 3 is 3.00 bits per heavy atom. The summed E-state index contributed by atoms with van der Waals surface area (Å²) in [6, 6.07) is 5.25. The van der Waals surface area contributed by atoms with Crippen molar-refractivity contribution >= 4 is 5.69 Å². The van der Waals surface area contributed by atoms with Crippen LogP contribution in [0.25, 0.3) is 0 Å². The maximum atomic E-state index is 9.24. The summed E-state index contributed by atoms with van der Waals surface area (Å²) in [7, 11) is 0. The van der Waals surface area contributed by atoms with Crippen molar-refractivity contribution in [3.63, 3.8) is 0 Å². The van der Waals surface area contributed by atoms with E-state index in [4.69, 9.17) is 0 Å². The number of anilines is 1. The molecule has 0 unspecified atom stereocenters.